The molecular formula is C13H19NO3S. The van der Waals surface area contributed by atoms with E-state index in [-0.39, 0.29) is 5.75 Å². The van der Waals surface area contributed by atoms with Gasteiger partial charge in [-0.3, -0.25) is 0 Å². The number of fused-ring (bicyclic) bond motifs is 1. The van der Waals surface area contributed by atoms with Crippen LogP contribution in [0.25, 0.3) is 0 Å². The maximum absolute atomic E-state index is 12.2. The summed E-state index contributed by atoms with van der Waals surface area (Å²) in [6.07, 6.45) is 1.15. The fourth-order valence-corrected chi connectivity index (χ4v) is 4.43. The summed E-state index contributed by atoms with van der Waals surface area (Å²) in [6.45, 7) is 1.87. The summed E-state index contributed by atoms with van der Waals surface area (Å²) in [5.74, 6) is 0.925. The van der Waals surface area contributed by atoms with Gasteiger partial charge in [0.2, 0.25) is 0 Å². The molecule has 0 radical (unpaired) electrons. The Hall–Kier alpha value is -1.07. The van der Waals surface area contributed by atoms with Gasteiger partial charge in [-0.1, -0.05) is 13.0 Å². The van der Waals surface area contributed by atoms with Crippen molar-refractivity contribution in [3.05, 3.63) is 29.3 Å². The molecule has 1 aromatic rings. The molecule has 1 aliphatic carbocycles. The molecule has 0 aliphatic heterocycles. The molecule has 0 bridgehead atoms. The number of hydrogen-bond donors (Lipinski definition) is 1. The van der Waals surface area contributed by atoms with Crippen molar-refractivity contribution >= 4 is 9.84 Å². The predicted octanol–water partition coefficient (Wildman–Crippen LogP) is 1.44. The highest BCUT2D eigenvalue weighted by Crippen LogP contribution is 2.36. The molecule has 4 nitrogen and oxygen atoms in total. The van der Waals surface area contributed by atoms with Crippen LogP contribution in [0.15, 0.2) is 18.2 Å². The van der Waals surface area contributed by atoms with Gasteiger partial charge in [-0.05, 0) is 36.1 Å². The average molecular weight is 269 g/mol. The molecule has 2 N–H and O–H groups in total. The summed E-state index contributed by atoms with van der Waals surface area (Å²) < 4.78 is 29.5. The molecule has 0 heterocycles. The highest BCUT2D eigenvalue weighted by molar-refractivity contribution is 7.92. The Kier molecular flexibility index (Phi) is 3.64. The molecule has 0 fully saturated rings. The summed E-state index contributed by atoms with van der Waals surface area (Å²) in [4.78, 5) is 0. The van der Waals surface area contributed by atoms with Gasteiger partial charge < -0.3 is 10.5 Å². The SMILES string of the molecule is CCCS(=O)(=O)C1Cc2ccc(OC)cc2C1N. The molecule has 18 heavy (non-hydrogen) atoms. The Labute approximate surface area is 108 Å². The molecule has 100 valence electrons. The fourth-order valence-electron chi connectivity index (χ4n) is 2.53. The minimum Gasteiger partial charge on any atom is -0.497 e. The van der Waals surface area contributed by atoms with Gasteiger partial charge in [0.05, 0.1) is 18.1 Å². The van der Waals surface area contributed by atoms with Gasteiger partial charge in [-0.25, -0.2) is 8.42 Å². The summed E-state index contributed by atoms with van der Waals surface area (Å²) in [5, 5.41) is -0.487. The lowest BCUT2D eigenvalue weighted by molar-refractivity contribution is 0.414. The zero-order chi connectivity index (χ0) is 13.3. The second kappa shape index (κ2) is 4.90. The van der Waals surface area contributed by atoms with E-state index < -0.39 is 21.1 Å². The molecule has 0 saturated carbocycles. The van der Waals surface area contributed by atoms with E-state index in [2.05, 4.69) is 0 Å². The topological polar surface area (TPSA) is 69.4 Å². The molecule has 2 rings (SSSR count). The number of hydrogen-bond acceptors (Lipinski definition) is 4. The van der Waals surface area contributed by atoms with Crippen molar-refractivity contribution < 1.29 is 13.2 Å². The zero-order valence-electron chi connectivity index (χ0n) is 10.7. The van der Waals surface area contributed by atoms with E-state index in [1.807, 2.05) is 25.1 Å². The Bertz CT molecular complexity index is 539. The van der Waals surface area contributed by atoms with Crippen molar-refractivity contribution in [2.24, 2.45) is 5.73 Å². The first-order valence-electron chi connectivity index (χ1n) is 6.13. The normalized spacial score (nSPS) is 22.8. The molecule has 0 aromatic heterocycles. The van der Waals surface area contributed by atoms with E-state index in [4.69, 9.17) is 10.5 Å². The van der Waals surface area contributed by atoms with Crippen LogP contribution in [0.5, 0.6) is 5.75 Å². The largest absolute Gasteiger partial charge is 0.497 e. The van der Waals surface area contributed by atoms with E-state index in [0.29, 0.717) is 12.8 Å². The molecule has 0 spiro atoms. The lowest BCUT2D eigenvalue weighted by Crippen LogP contribution is -2.32. The third kappa shape index (κ3) is 2.24. The zero-order valence-corrected chi connectivity index (χ0v) is 11.5. The predicted molar refractivity (Wildman–Crippen MR) is 71.5 cm³/mol. The van der Waals surface area contributed by atoms with Crippen LogP contribution < -0.4 is 10.5 Å². The number of rotatable bonds is 4. The third-order valence-electron chi connectivity index (χ3n) is 3.48. The van der Waals surface area contributed by atoms with E-state index in [1.165, 1.54) is 0 Å². The summed E-state index contributed by atoms with van der Waals surface area (Å²) in [7, 11) is -1.52. The van der Waals surface area contributed by atoms with Crippen LogP contribution in [0.3, 0.4) is 0 Å². The van der Waals surface area contributed by atoms with Gasteiger partial charge in [-0.15, -0.1) is 0 Å². The lowest BCUT2D eigenvalue weighted by atomic mass is 10.1. The Morgan fingerprint density at radius 3 is 2.78 bits per heavy atom. The molecule has 1 aliphatic rings. The van der Waals surface area contributed by atoms with Gasteiger partial charge in [0.25, 0.3) is 0 Å². The molecule has 2 unspecified atom stereocenters. The monoisotopic (exact) mass is 269 g/mol. The number of nitrogens with two attached hydrogens (primary N) is 1. The highest BCUT2D eigenvalue weighted by atomic mass is 32.2. The van der Waals surface area contributed by atoms with Gasteiger partial charge >= 0.3 is 0 Å². The van der Waals surface area contributed by atoms with Gasteiger partial charge in [0.1, 0.15) is 5.75 Å². The Morgan fingerprint density at radius 1 is 1.44 bits per heavy atom. The van der Waals surface area contributed by atoms with Crippen LogP contribution in [-0.4, -0.2) is 26.5 Å². The van der Waals surface area contributed by atoms with Crippen molar-refractivity contribution in [2.45, 2.75) is 31.1 Å². The van der Waals surface area contributed by atoms with E-state index in [1.54, 1.807) is 7.11 Å². The van der Waals surface area contributed by atoms with Crippen LogP contribution in [0.2, 0.25) is 0 Å². The van der Waals surface area contributed by atoms with Crippen LogP contribution in [0.1, 0.15) is 30.5 Å². The van der Waals surface area contributed by atoms with Crippen molar-refractivity contribution in [2.75, 3.05) is 12.9 Å². The standard InChI is InChI=1S/C13H19NO3S/c1-3-6-18(15,16)12-7-9-4-5-10(17-2)8-11(9)13(12)14/h4-5,8,12-13H,3,6-7,14H2,1-2H3. The van der Waals surface area contributed by atoms with Crippen LogP contribution in [0, 0.1) is 0 Å². The highest BCUT2D eigenvalue weighted by Gasteiger charge is 2.38. The van der Waals surface area contributed by atoms with Crippen molar-refractivity contribution in [3.8, 4) is 5.75 Å². The molecule has 1 aromatic carbocycles. The van der Waals surface area contributed by atoms with Crippen molar-refractivity contribution in [1.29, 1.82) is 0 Å². The Morgan fingerprint density at radius 2 is 2.17 bits per heavy atom. The van der Waals surface area contributed by atoms with Gasteiger partial charge in [-0.2, -0.15) is 0 Å². The second-order valence-electron chi connectivity index (χ2n) is 4.70. The first kappa shape index (κ1) is 13.4. The van der Waals surface area contributed by atoms with E-state index in [9.17, 15) is 8.42 Å². The number of methoxy groups -OCH3 is 1. The summed E-state index contributed by atoms with van der Waals surface area (Å²) in [6, 6.07) is 5.17. The number of sulfone groups is 1. The minimum absolute atomic E-state index is 0.205. The van der Waals surface area contributed by atoms with Crippen molar-refractivity contribution in [1.82, 2.24) is 0 Å². The Balaban J connectivity index is 2.33. The molecule has 0 amide bonds. The summed E-state index contributed by atoms with van der Waals surface area (Å²) in [5.41, 5.74) is 8.02. The quantitative estimate of drug-likeness (QED) is 0.898. The van der Waals surface area contributed by atoms with Gasteiger partial charge in [0.15, 0.2) is 9.84 Å². The van der Waals surface area contributed by atoms with E-state index >= 15 is 0 Å². The second-order valence-corrected chi connectivity index (χ2v) is 7.04. The molecule has 2 atom stereocenters. The van der Waals surface area contributed by atoms with E-state index in [0.717, 1.165) is 16.9 Å². The van der Waals surface area contributed by atoms with Crippen molar-refractivity contribution in [3.63, 3.8) is 0 Å². The first-order chi connectivity index (χ1) is 8.49. The number of ether oxygens (including phenoxy) is 1. The third-order valence-corrected chi connectivity index (χ3v) is 5.84. The molecule has 0 saturated heterocycles. The summed E-state index contributed by atoms with van der Waals surface area (Å²) >= 11 is 0. The smallest absolute Gasteiger partial charge is 0.155 e. The molecular weight excluding hydrogens is 250 g/mol. The first-order valence-corrected chi connectivity index (χ1v) is 7.85. The van der Waals surface area contributed by atoms with Gasteiger partial charge in [0, 0.05) is 6.04 Å². The number of benzene rings is 1. The fraction of sp³-hybridized carbons (Fsp3) is 0.538. The maximum atomic E-state index is 12.2. The van der Waals surface area contributed by atoms with Crippen LogP contribution in [-0.2, 0) is 16.3 Å². The van der Waals surface area contributed by atoms with Crippen LogP contribution >= 0.6 is 0 Å². The molecule has 5 heteroatoms. The lowest BCUT2D eigenvalue weighted by Gasteiger charge is -2.16. The minimum atomic E-state index is -3.11. The maximum Gasteiger partial charge on any atom is 0.155 e. The average Bonchev–Trinajstić information content (AvgIpc) is 2.67. The van der Waals surface area contributed by atoms with Crippen LogP contribution in [0.4, 0.5) is 0 Å².